The Bertz CT molecular complexity index is 2150. The minimum absolute atomic E-state index is 0.276. The number of methoxy groups -OCH3 is 2. The minimum Gasteiger partial charge on any atom is -0.497 e. The summed E-state index contributed by atoms with van der Waals surface area (Å²) in [6.45, 7) is 5.10. The average molecular weight is 719 g/mol. The Kier molecular flexibility index (Phi) is 9.58. The predicted molar refractivity (Wildman–Crippen MR) is 196 cm³/mol. The maximum atomic E-state index is 13.7. The molecule has 2 bridgehead atoms. The Balaban J connectivity index is 1.38. The molecule has 1 aliphatic heterocycles. The molecule has 1 aromatic heterocycles. The van der Waals surface area contributed by atoms with E-state index in [4.69, 9.17) is 23.7 Å². The van der Waals surface area contributed by atoms with Crippen molar-refractivity contribution in [1.29, 1.82) is 0 Å². The van der Waals surface area contributed by atoms with Crippen LogP contribution in [0.2, 0.25) is 0 Å². The lowest BCUT2D eigenvalue weighted by Gasteiger charge is -2.43. The summed E-state index contributed by atoms with van der Waals surface area (Å²) in [5.41, 5.74) is -0.253. The third kappa shape index (κ3) is 6.14. The highest BCUT2D eigenvalue weighted by atomic mass is 16.6. The van der Waals surface area contributed by atoms with E-state index in [0.717, 1.165) is 22.3 Å². The minimum atomic E-state index is -1.66. The number of nitrogens with zero attached hydrogens (tertiary/aromatic N) is 1. The standard InChI is InChI=1S/C42H42N2O9/c1-25-11-13-28(14-12-25)39(47)52-36-27(3)34-35(45)41(36,53-38(34)44-23-26(2)37(46)43-40(44)48)24-51-42(29-9-7-6-8-10-29,30-15-19-32(49-4)20-16-30)31-17-21-33(50-5)22-18-31/h6-23,27,34-36,38,45H,24H2,1-5H3,(H,43,46,48)/t27-,34-,35-,36-,38+,41-/m0/s1. The van der Waals surface area contributed by atoms with Gasteiger partial charge in [-0.3, -0.25) is 14.3 Å². The van der Waals surface area contributed by atoms with Crippen LogP contribution in [0.1, 0.15) is 51.3 Å². The van der Waals surface area contributed by atoms with E-state index in [9.17, 15) is 19.5 Å². The van der Waals surface area contributed by atoms with Gasteiger partial charge in [-0.1, -0.05) is 79.2 Å². The molecule has 6 atom stereocenters. The van der Waals surface area contributed by atoms with E-state index in [2.05, 4.69) is 4.98 Å². The summed E-state index contributed by atoms with van der Waals surface area (Å²) in [7, 11) is 3.19. The Morgan fingerprint density at radius 1 is 0.849 bits per heavy atom. The van der Waals surface area contributed by atoms with Crippen LogP contribution >= 0.6 is 0 Å². The van der Waals surface area contributed by atoms with Crippen LogP contribution in [0.5, 0.6) is 11.5 Å². The normalized spacial score (nSPS) is 23.5. The first-order valence-electron chi connectivity index (χ1n) is 17.5. The van der Waals surface area contributed by atoms with Crippen LogP contribution in [-0.4, -0.2) is 59.3 Å². The Morgan fingerprint density at radius 3 is 1.98 bits per heavy atom. The highest BCUT2D eigenvalue weighted by Gasteiger charge is 2.71. The van der Waals surface area contributed by atoms with E-state index >= 15 is 0 Å². The van der Waals surface area contributed by atoms with Gasteiger partial charge in [-0.25, -0.2) is 9.59 Å². The van der Waals surface area contributed by atoms with Crippen molar-refractivity contribution in [2.24, 2.45) is 11.8 Å². The number of hydrogen-bond acceptors (Lipinski definition) is 9. The fraction of sp³-hybridized carbons (Fsp3) is 0.310. The number of aliphatic hydroxyl groups is 1. The molecule has 7 rings (SSSR count). The van der Waals surface area contributed by atoms with Crippen molar-refractivity contribution < 1.29 is 33.6 Å². The molecule has 1 saturated carbocycles. The van der Waals surface area contributed by atoms with E-state index in [0.29, 0.717) is 22.6 Å². The average Bonchev–Trinajstić information content (AvgIpc) is 3.57. The number of esters is 1. The van der Waals surface area contributed by atoms with Gasteiger partial charge >= 0.3 is 11.7 Å². The third-order valence-corrected chi connectivity index (χ3v) is 10.7. The number of carbonyl (C=O) groups is 1. The maximum Gasteiger partial charge on any atom is 0.338 e. The number of rotatable bonds is 11. The van der Waals surface area contributed by atoms with Crippen molar-refractivity contribution in [2.45, 2.75) is 50.4 Å². The number of aliphatic hydroxyl groups excluding tert-OH is 1. The van der Waals surface area contributed by atoms with Crippen molar-refractivity contribution in [3.8, 4) is 11.5 Å². The zero-order valence-electron chi connectivity index (χ0n) is 30.1. The number of fused-ring (bicyclic) bond motifs is 2. The molecule has 2 heterocycles. The smallest absolute Gasteiger partial charge is 0.338 e. The molecule has 11 nitrogen and oxygen atoms in total. The summed E-state index contributed by atoms with van der Waals surface area (Å²) in [5.74, 6) is -0.505. The lowest BCUT2D eigenvalue weighted by molar-refractivity contribution is -0.222. The van der Waals surface area contributed by atoms with Gasteiger partial charge < -0.3 is 28.8 Å². The van der Waals surface area contributed by atoms with Gasteiger partial charge in [0.05, 0.1) is 32.5 Å². The van der Waals surface area contributed by atoms with Crippen molar-refractivity contribution in [1.82, 2.24) is 9.55 Å². The van der Waals surface area contributed by atoms with E-state index in [1.807, 2.05) is 105 Å². The number of aromatic nitrogens is 2. The van der Waals surface area contributed by atoms with E-state index in [1.54, 1.807) is 33.3 Å². The summed E-state index contributed by atoms with van der Waals surface area (Å²) in [5, 5.41) is 12.3. The highest BCUT2D eigenvalue weighted by Crippen LogP contribution is 2.57. The van der Waals surface area contributed by atoms with E-state index in [1.165, 1.54) is 10.8 Å². The number of nitrogens with one attached hydrogen (secondary N) is 1. The number of aromatic amines is 1. The van der Waals surface area contributed by atoms with Crippen LogP contribution in [0.4, 0.5) is 0 Å². The van der Waals surface area contributed by atoms with Crippen molar-refractivity contribution >= 4 is 5.97 Å². The second-order valence-corrected chi connectivity index (χ2v) is 13.8. The largest absolute Gasteiger partial charge is 0.497 e. The monoisotopic (exact) mass is 718 g/mol. The van der Waals surface area contributed by atoms with Gasteiger partial charge in [-0.15, -0.1) is 0 Å². The molecule has 53 heavy (non-hydrogen) atoms. The van der Waals surface area contributed by atoms with Gasteiger partial charge in [0.1, 0.15) is 29.4 Å². The Hall–Kier alpha value is -5.49. The molecule has 5 aromatic rings. The molecule has 2 N–H and O–H groups in total. The maximum absolute atomic E-state index is 13.7. The van der Waals surface area contributed by atoms with Gasteiger partial charge in [-0.05, 0) is 66.9 Å². The SMILES string of the molecule is COc1ccc(C(OC[C@@]23O[C@@H](n4cc(C)c(=O)[nH]c4=O)[C@@H]([C@H](C)[C@@H]2OC(=O)c2ccc(C)cc2)[C@@H]3O)(c2ccccc2)c2ccc(OC)cc2)cc1. The summed E-state index contributed by atoms with van der Waals surface area (Å²) in [4.78, 5) is 41.6. The number of aryl methyl sites for hydroxylation is 2. The second kappa shape index (κ2) is 14.1. The molecule has 2 aliphatic rings. The fourth-order valence-electron chi connectivity index (χ4n) is 7.88. The van der Waals surface area contributed by atoms with Gasteiger partial charge in [0.15, 0.2) is 5.60 Å². The summed E-state index contributed by atoms with van der Waals surface area (Å²) in [6, 6.07) is 31.7. The molecule has 274 valence electrons. The zero-order chi connectivity index (χ0) is 37.5. The van der Waals surface area contributed by atoms with Gasteiger partial charge in [-0.2, -0.15) is 0 Å². The number of hydrogen-bond donors (Lipinski definition) is 2. The molecular formula is C42H42N2O9. The molecule has 0 radical (unpaired) electrons. The first-order chi connectivity index (χ1) is 25.5. The van der Waals surface area contributed by atoms with Crippen LogP contribution in [0, 0.1) is 25.7 Å². The van der Waals surface area contributed by atoms with Crippen molar-refractivity contribution in [3.63, 3.8) is 0 Å². The van der Waals surface area contributed by atoms with Crippen molar-refractivity contribution in [3.05, 3.63) is 164 Å². The van der Waals surface area contributed by atoms with Gasteiger partial charge in [0.25, 0.3) is 5.56 Å². The summed E-state index contributed by atoms with van der Waals surface area (Å²) >= 11 is 0. The molecule has 1 saturated heterocycles. The Morgan fingerprint density at radius 2 is 1.42 bits per heavy atom. The summed E-state index contributed by atoms with van der Waals surface area (Å²) < 4.78 is 32.6. The number of ether oxygens (including phenoxy) is 5. The Labute approximate surface area is 306 Å². The lowest BCUT2D eigenvalue weighted by Crippen LogP contribution is -2.56. The predicted octanol–water partition coefficient (Wildman–Crippen LogP) is 5.30. The molecule has 2 fully saturated rings. The van der Waals surface area contributed by atoms with Crippen LogP contribution < -0.4 is 20.7 Å². The zero-order valence-corrected chi connectivity index (χ0v) is 30.1. The fourth-order valence-corrected chi connectivity index (χ4v) is 7.88. The highest BCUT2D eigenvalue weighted by molar-refractivity contribution is 5.89. The molecule has 11 heteroatoms. The molecule has 0 unspecified atom stereocenters. The van der Waals surface area contributed by atoms with Crippen LogP contribution in [0.3, 0.4) is 0 Å². The van der Waals surface area contributed by atoms with Crippen LogP contribution in [0.15, 0.2) is 119 Å². The molecule has 1 aliphatic carbocycles. The molecule has 0 amide bonds. The molecule has 0 spiro atoms. The van der Waals surface area contributed by atoms with Crippen molar-refractivity contribution in [2.75, 3.05) is 20.8 Å². The third-order valence-electron chi connectivity index (χ3n) is 10.7. The molecular weight excluding hydrogens is 676 g/mol. The quantitative estimate of drug-likeness (QED) is 0.138. The van der Waals surface area contributed by atoms with Crippen LogP contribution in [0.25, 0.3) is 0 Å². The van der Waals surface area contributed by atoms with E-state index < -0.39 is 58.7 Å². The topological polar surface area (TPSA) is 138 Å². The van der Waals surface area contributed by atoms with Gasteiger partial charge in [0, 0.05) is 23.6 Å². The van der Waals surface area contributed by atoms with Gasteiger partial charge in [0.2, 0.25) is 0 Å². The van der Waals surface area contributed by atoms with Crippen LogP contribution in [-0.2, 0) is 19.8 Å². The summed E-state index contributed by atoms with van der Waals surface area (Å²) in [6.07, 6.45) is -1.82. The first kappa shape index (κ1) is 35.9. The number of H-pyrrole nitrogens is 1. The number of benzene rings is 4. The molecule has 4 aromatic carbocycles. The number of carbonyl (C=O) groups excluding carboxylic acids is 1. The lowest BCUT2D eigenvalue weighted by atomic mass is 9.79. The van der Waals surface area contributed by atoms with E-state index in [-0.39, 0.29) is 6.61 Å². The first-order valence-corrected chi connectivity index (χ1v) is 17.5. The second-order valence-electron chi connectivity index (χ2n) is 13.8.